The SMILES string of the molecule is O=C(NC1=CCC(S(=O)(=O)N2CCOCC2)C=C1)c1cnc(NCC2CCOCC2)nc1NC1CCC(O)CC1. The molecule has 0 spiro atoms. The number of sulfonamides is 1. The Morgan fingerprint density at radius 3 is 2.48 bits per heavy atom. The van der Waals surface area contributed by atoms with Crippen molar-refractivity contribution in [2.24, 2.45) is 5.92 Å². The number of anilines is 2. The molecule has 4 aliphatic rings. The van der Waals surface area contributed by atoms with Crippen LogP contribution in [0.5, 0.6) is 0 Å². The number of carbonyl (C=O) groups is 1. The maximum atomic E-state index is 13.3. The second-order valence-electron chi connectivity index (χ2n) is 10.8. The molecule has 13 heteroatoms. The molecule has 12 nitrogen and oxygen atoms in total. The van der Waals surface area contributed by atoms with Gasteiger partial charge in [0.05, 0.1) is 24.6 Å². The summed E-state index contributed by atoms with van der Waals surface area (Å²) in [6.45, 7) is 3.77. The van der Waals surface area contributed by atoms with E-state index in [4.69, 9.17) is 9.47 Å². The summed E-state index contributed by atoms with van der Waals surface area (Å²) in [7, 11) is -3.49. The first kappa shape index (κ1) is 28.9. The summed E-state index contributed by atoms with van der Waals surface area (Å²) in [4.78, 5) is 22.4. The van der Waals surface area contributed by atoms with Crippen LogP contribution in [0.15, 0.2) is 30.1 Å². The highest BCUT2D eigenvalue weighted by molar-refractivity contribution is 7.89. The van der Waals surface area contributed by atoms with Crippen LogP contribution >= 0.6 is 0 Å². The third-order valence-electron chi connectivity index (χ3n) is 7.99. The molecule has 40 heavy (non-hydrogen) atoms. The van der Waals surface area contributed by atoms with Crippen LogP contribution in [-0.4, -0.2) is 97.2 Å². The Bertz CT molecular complexity index is 1190. The van der Waals surface area contributed by atoms with E-state index in [1.165, 1.54) is 10.5 Å². The van der Waals surface area contributed by atoms with E-state index in [-0.39, 0.29) is 24.5 Å². The molecule has 0 radical (unpaired) electrons. The topological polar surface area (TPSA) is 155 Å². The number of nitrogens with zero attached hydrogens (tertiary/aromatic N) is 3. The molecule has 4 N–H and O–H groups in total. The maximum Gasteiger partial charge on any atom is 0.260 e. The van der Waals surface area contributed by atoms with E-state index in [0.29, 0.717) is 68.1 Å². The van der Waals surface area contributed by atoms with Crippen molar-refractivity contribution in [1.29, 1.82) is 0 Å². The molecular formula is C27H40N6O6S. The summed E-state index contributed by atoms with van der Waals surface area (Å²) in [6.07, 6.45) is 11.5. The van der Waals surface area contributed by atoms with E-state index in [2.05, 4.69) is 25.9 Å². The Labute approximate surface area is 235 Å². The lowest BCUT2D eigenvalue weighted by Crippen LogP contribution is -2.45. The number of ether oxygens (including phenoxy) is 2. The smallest absolute Gasteiger partial charge is 0.260 e. The average Bonchev–Trinajstić information content (AvgIpc) is 2.98. The Kier molecular flexibility index (Phi) is 9.68. The van der Waals surface area contributed by atoms with E-state index < -0.39 is 15.3 Å². The van der Waals surface area contributed by atoms with Crippen molar-refractivity contribution in [3.8, 4) is 0 Å². The van der Waals surface area contributed by atoms with Gasteiger partial charge in [-0.05, 0) is 56.9 Å². The Morgan fingerprint density at radius 1 is 1.05 bits per heavy atom. The first-order valence-corrected chi connectivity index (χ1v) is 15.8. The van der Waals surface area contributed by atoms with Gasteiger partial charge in [0.2, 0.25) is 16.0 Å². The van der Waals surface area contributed by atoms with Gasteiger partial charge in [0.15, 0.2) is 0 Å². The minimum Gasteiger partial charge on any atom is -0.393 e. The predicted octanol–water partition coefficient (Wildman–Crippen LogP) is 1.63. The standard InChI is InChI=1S/C27H40N6O6S/c34-22-5-1-20(2-6-22)30-25-24(18-29-27(32-25)28-17-19-9-13-38-14-10-19)26(35)31-21-3-7-23(8-4-21)40(36,37)33-11-15-39-16-12-33/h3-4,7,18-20,22-23,34H,1-2,5-6,8-17H2,(H,31,35)(H2,28,29,30,32). The highest BCUT2D eigenvalue weighted by Gasteiger charge is 2.32. The molecule has 1 unspecified atom stereocenters. The molecule has 3 fully saturated rings. The number of aliphatic hydroxyl groups excluding tert-OH is 1. The Balaban J connectivity index is 1.25. The highest BCUT2D eigenvalue weighted by atomic mass is 32.2. The van der Waals surface area contributed by atoms with Gasteiger partial charge in [-0.15, -0.1) is 0 Å². The number of nitrogens with one attached hydrogen (secondary N) is 3. The van der Waals surface area contributed by atoms with Crippen LogP contribution < -0.4 is 16.0 Å². The van der Waals surface area contributed by atoms with Crippen molar-refractivity contribution in [2.45, 2.75) is 62.3 Å². The summed E-state index contributed by atoms with van der Waals surface area (Å²) in [5.74, 6) is 1.00. The molecule has 2 aliphatic carbocycles. The summed E-state index contributed by atoms with van der Waals surface area (Å²) in [6, 6.07) is 0.0909. The number of aromatic nitrogens is 2. The van der Waals surface area contributed by atoms with Crippen molar-refractivity contribution in [3.63, 3.8) is 0 Å². The fourth-order valence-corrected chi connectivity index (χ4v) is 7.11. The molecule has 1 atom stereocenters. The van der Waals surface area contributed by atoms with Crippen molar-refractivity contribution in [2.75, 3.05) is 56.7 Å². The van der Waals surface area contributed by atoms with Gasteiger partial charge in [-0.25, -0.2) is 13.4 Å². The van der Waals surface area contributed by atoms with E-state index in [1.54, 1.807) is 18.2 Å². The molecule has 220 valence electrons. The molecule has 1 aromatic heterocycles. The molecular weight excluding hydrogens is 536 g/mol. The monoisotopic (exact) mass is 576 g/mol. The maximum absolute atomic E-state index is 13.3. The van der Waals surface area contributed by atoms with Gasteiger partial charge in [0.25, 0.3) is 5.91 Å². The third kappa shape index (κ3) is 7.38. The van der Waals surface area contributed by atoms with Crippen molar-refractivity contribution in [3.05, 3.63) is 35.7 Å². The van der Waals surface area contributed by atoms with Crippen molar-refractivity contribution >= 4 is 27.7 Å². The molecule has 1 amide bonds. The number of aliphatic hydroxyl groups is 1. The molecule has 2 saturated heterocycles. The van der Waals surface area contributed by atoms with Gasteiger partial charge in [-0.1, -0.05) is 12.2 Å². The zero-order chi connectivity index (χ0) is 28.0. The van der Waals surface area contributed by atoms with Gasteiger partial charge in [-0.2, -0.15) is 9.29 Å². The summed E-state index contributed by atoms with van der Waals surface area (Å²) >= 11 is 0. The van der Waals surface area contributed by atoms with Crippen LogP contribution in [0.4, 0.5) is 11.8 Å². The molecule has 5 rings (SSSR count). The van der Waals surface area contributed by atoms with E-state index >= 15 is 0 Å². The van der Waals surface area contributed by atoms with Crippen molar-refractivity contribution < 1.29 is 27.8 Å². The van der Waals surface area contributed by atoms with Crippen LogP contribution in [0.1, 0.15) is 55.3 Å². The van der Waals surface area contributed by atoms with E-state index in [0.717, 1.165) is 45.4 Å². The lowest BCUT2D eigenvalue weighted by molar-refractivity contribution is 0.0699. The molecule has 2 aliphatic heterocycles. The molecule has 1 saturated carbocycles. The first-order valence-electron chi connectivity index (χ1n) is 14.3. The second kappa shape index (κ2) is 13.4. The molecule has 3 heterocycles. The van der Waals surface area contributed by atoms with Gasteiger partial charge in [0.1, 0.15) is 11.4 Å². The fourth-order valence-electron chi connectivity index (χ4n) is 5.45. The summed E-state index contributed by atoms with van der Waals surface area (Å²) in [5, 5.41) is 18.8. The van der Waals surface area contributed by atoms with E-state index in [1.807, 2.05) is 0 Å². The number of rotatable bonds is 9. The number of amides is 1. The Hall–Kier alpha value is -2.58. The van der Waals surface area contributed by atoms with Gasteiger partial charge in [0, 0.05) is 50.8 Å². The van der Waals surface area contributed by atoms with Gasteiger partial charge in [-0.3, -0.25) is 4.79 Å². The van der Waals surface area contributed by atoms with E-state index in [9.17, 15) is 18.3 Å². The van der Waals surface area contributed by atoms with Crippen LogP contribution in [0.2, 0.25) is 0 Å². The minimum atomic E-state index is -3.49. The molecule has 0 bridgehead atoms. The summed E-state index contributed by atoms with van der Waals surface area (Å²) in [5.41, 5.74) is 0.840. The number of hydrogen-bond donors (Lipinski definition) is 4. The van der Waals surface area contributed by atoms with Crippen LogP contribution in [0, 0.1) is 5.92 Å². The normalized spacial score (nSPS) is 26.6. The van der Waals surface area contributed by atoms with Crippen LogP contribution in [-0.2, 0) is 19.5 Å². The molecule has 0 aromatic carbocycles. The molecule has 1 aromatic rings. The van der Waals surface area contributed by atoms with Crippen LogP contribution in [0.3, 0.4) is 0 Å². The minimum absolute atomic E-state index is 0.0909. The largest absolute Gasteiger partial charge is 0.393 e. The lowest BCUT2D eigenvalue weighted by Gasteiger charge is -2.29. The van der Waals surface area contributed by atoms with Gasteiger partial charge < -0.3 is 30.5 Å². The predicted molar refractivity (Wildman–Crippen MR) is 150 cm³/mol. The number of carbonyl (C=O) groups excluding carboxylic acids is 1. The Morgan fingerprint density at radius 2 is 1.77 bits per heavy atom. The van der Waals surface area contributed by atoms with Crippen molar-refractivity contribution in [1.82, 2.24) is 19.6 Å². The zero-order valence-electron chi connectivity index (χ0n) is 22.8. The lowest BCUT2D eigenvalue weighted by atomic mass is 9.93. The van der Waals surface area contributed by atoms with Crippen LogP contribution in [0.25, 0.3) is 0 Å². The highest BCUT2D eigenvalue weighted by Crippen LogP contribution is 2.25. The zero-order valence-corrected chi connectivity index (χ0v) is 23.6. The van der Waals surface area contributed by atoms with Gasteiger partial charge >= 0.3 is 0 Å². The third-order valence-corrected chi connectivity index (χ3v) is 10.2. The second-order valence-corrected chi connectivity index (χ2v) is 13.0. The fraction of sp³-hybridized carbons (Fsp3) is 0.667. The number of morpholine rings is 1. The first-order chi connectivity index (χ1) is 19.4. The number of allylic oxidation sites excluding steroid dienone is 2. The quantitative estimate of drug-likeness (QED) is 0.341. The average molecular weight is 577 g/mol. The summed E-state index contributed by atoms with van der Waals surface area (Å²) < 4.78 is 38.2. The number of hydrogen-bond acceptors (Lipinski definition) is 10.